The Morgan fingerprint density at radius 2 is 2.00 bits per heavy atom. The Morgan fingerprint density at radius 3 is 2.42 bits per heavy atom. The highest BCUT2D eigenvalue weighted by Crippen LogP contribution is 1.94. The van der Waals surface area contributed by atoms with Gasteiger partial charge in [-0.2, -0.15) is 0 Å². The third-order valence-corrected chi connectivity index (χ3v) is 0.976. The van der Waals surface area contributed by atoms with Crippen molar-refractivity contribution in [2.45, 2.75) is 12.5 Å². The van der Waals surface area contributed by atoms with Gasteiger partial charge in [0.15, 0.2) is 6.10 Å². The van der Waals surface area contributed by atoms with E-state index in [4.69, 9.17) is 15.3 Å². The van der Waals surface area contributed by atoms with Gasteiger partial charge in [-0.25, -0.2) is 4.79 Å². The predicted molar refractivity (Wildman–Crippen MR) is 36.3 cm³/mol. The number of carboxylic acids is 1. The second-order valence-electron chi connectivity index (χ2n) is 2.00. The molecule has 70 valence electrons. The second kappa shape index (κ2) is 5.50. The molecular formula is C6H10O6. The molecule has 0 heterocycles. The molecule has 3 N–H and O–H groups in total. The number of carboxylic acid groups (broad SMARTS) is 1. The number of carbonyl (C=O) groups excluding carboxylic acids is 1. The molecule has 0 aliphatic carbocycles. The first-order chi connectivity index (χ1) is 5.57. The maximum Gasteiger partial charge on any atom is 0.335 e. The summed E-state index contributed by atoms with van der Waals surface area (Å²) in [5.74, 6) is -2.32. The predicted octanol–water partition coefficient (Wildman–Crippen LogP) is -1.64. The third-order valence-electron chi connectivity index (χ3n) is 0.976. The van der Waals surface area contributed by atoms with Crippen molar-refractivity contribution in [3.05, 3.63) is 0 Å². The van der Waals surface area contributed by atoms with Crippen LogP contribution in [-0.2, 0) is 14.3 Å². The van der Waals surface area contributed by atoms with Crippen molar-refractivity contribution >= 4 is 11.9 Å². The highest BCUT2D eigenvalue weighted by molar-refractivity contribution is 5.80. The Bertz CT molecular complexity index is 165. The van der Waals surface area contributed by atoms with Crippen LogP contribution in [0.4, 0.5) is 0 Å². The van der Waals surface area contributed by atoms with Crippen molar-refractivity contribution in [2.75, 3.05) is 13.2 Å². The fraction of sp³-hybridized carbons (Fsp3) is 0.667. The van der Waals surface area contributed by atoms with Crippen LogP contribution in [0.1, 0.15) is 6.42 Å². The molecule has 0 aromatic carbocycles. The molecule has 0 saturated carbocycles. The largest absolute Gasteiger partial charge is 0.481 e. The monoisotopic (exact) mass is 178 g/mol. The molecule has 1 unspecified atom stereocenters. The molecule has 0 bridgehead atoms. The van der Waals surface area contributed by atoms with E-state index in [0.29, 0.717) is 0 Å². The van der Waals surface area contributed by atoms with Crippen molar-refractivity contribution in [1.29, 1.82) is 0 Å². The highest BCUT2D eigenvalue weighted by Gasteiger charge is 2.19. The van der Waals surface area contributed by atoms with Crippen molar-refractivity contribution in [1.82, 2.24) is 0 Å². The van der Waals surface area contributed by atoms with E-state index in [1.165, 1.54) is 0 Å². The van der Waals surface area contributed by atoms with Crippen molar-refractivity contribution < 1.29 is 29.6 Å². The zero-order valence-corrected chi connectivity index (χ0v) is 6.27. The quantitative estimate of drug-likeness (QED) is 0.436. The Hall–Kier alpha value is -1.14. The standard InChI is InChI=1S/C6H10O6/c7-1-2-12-6(11)4(8)3-5(9)10/h4,7-8H,1-3H2,(H,9,10). The SMILES string of the molecule is O=C(O)CC(O)C(=O)OCCO. The van der Waals surface area contributed by atoms with Gasteiger partial charge in [0.2, 0.25) is 0 Å². The number of aliphatic hydroxyl groups is 2. The Labute approximate surface area is 68.4 Å². The lowest BCUT2D eigenvalue weighted by atomic mass is 10.2. The number of carbonyl (C=O) groups is 2. The van der Waals surface area contributed by atoms with Gasteiger partial charge in [-0.05, 0) is 0 Å². The molecule has 0 aliphatic heterocycles. The number of esters is 1. The van der Waals surface area contributed by atoms with E-state index in [9.17, 15) is 9.59 Å². The summed E-state index contributed by atoms with van der Waals surface area (Å²) in [6.45, 7) is -0.596. The molecule has 0 fully saturated rings. The Kier molecular flexibility index (Phi) is 4.98. The minimum Gasteiger partial charge on any atom is -0.481 e. The molecule has 0 amide bonds. The molecule has 1 atom stereocenters. The molecule has 12 heavy (non-hydrogen) atoms. The van der Waals surface area contributed by atoms with E-state index >= 15 is 0 Å². The highest BCUT2D eigenvalue weighted by atomic mass is 16.6. The van der Waals surface area contributed by atoms with Crippen LogP contribution in [-0.4, -0.2) is 46.6 Å². The van der Waals surface area contributed by atoms with E-state index in [2.05, 4.69) is 4.74 Å². The number of hydrogen-bond donors (Lipinski definition) is 3. The lowest BCUT2D eigenvalue weighted by molar-refractivity contribution is -0.158. The van der Waals surface area contributed by atoms with Crippen molar-refractivity contribution in [3.63, 3.8) is 0 Å². The zero-order chi connectivity index (χ0) is 9.56. The second-order valence-corrected chi connectivity index (χ2v) is 2.00. The van der Waals surface area contributed by atoms with Gasteiger partial charge >= 0.3 is 11.9 Å². The summed E-state index contributed by atoms with van der Waals surface area (Å²) in [7, 11) is 0. The van der Waals surface area contributed by atoms with Crippen LogP contribution < -0.4 is 0 Å². The smallest absolute Gasteiger partial charge is 0.335 e. The average Bonchev–Trinajstić information content (AvgIpc) is 1.98. The fourth-order valence-electron chi connectivity index (χ4n) is 0.491. The van der Waals surface area contributed by atoms with E-state index < -0.39 is 24.5 Å². The summed E-state index contributed by atoms with van der Waals surface area (Å²) in [6, 6.07) is 0. The average molecular weight is 178 g/mol. The molecule has 0 aliphatic rings. The molecule has 0 spiro atoms. The van der Waals surface area contributed by atoms with Crippen LogP contribution in [0.2, 0.25) is 0 Å². The van der Waals surface area contributed by atoms with E-state index in [0.717, 1.165) is 0 Å². The van der Waals surface area contributed by atoms with E-state index in [1.54, 1.807) is 0 Å². The maximum absolute atomic E-state index is 10.6. The number of ether oxygens (including phenoxy) is 1. The van der Waals surface area contributed by atoms with Gasteiger partial charge in [-0.15, -0.1) is 0 Å². The Morgan fingerprint density at radius 1 is 1.42 bits per heavy atom. The van der Waals surface area contributed by atoms with Crippen LogP contribution in [0, 0.1) is 0 Å². The van der Waals surface area contributed by atoms with Gasteiger partial charge in [0.25, 0.3) is 0 Å². The minimum absolute atomic E-state index is 0.241. The van der Waals surface area contributed by atoms with Gasteiger partial charge in [0, 0.05) is 0 Å². The maximum atomic E-state index is 10.6. The summed E-state index contributed by atoms with van der Waals surface area (Å²) < 4.78 is 4.25. The van der Waals surface area contributed by atoms with Gasteiger partial charge in [0.1, 0.15) is 6.61 Å². The van der Waals surface area contributed by atoms with E-state index in [1.807, 2.05) is 0 Å². The van der Waals surface area contributed by atoms with Gasteiger partial charge in [0.05, 0.1) is 13.0 Å². The van der Waals surface area contributed by atoms with Crippen LogP contribution in [0.3, 0.4) is 0 Å². The lowest BCUT2D eigenvalue weighted by Gasteiger charge is -2.06. The first kappa shape index (κ1) is 10.9. The first-order valence-electron chi connectivity index (χ1n) is 3.25. The summed E-state index contributed by atoms with van der Waals surface area (Å²) in [5.41, 5.74) is 0. The van der Waals surface area contributed by atoms with Gasteiger partial charge in [-0.3, -0.25) is 4.79 Å². The fourth-order valence-corrected chi connectivity index (χ4v) is 0.491. The lowest BCUT2D eigenvalue weighted by Crippen LogP contribution is -2.26. The summed E-state index contributed by atoms with van der Waals surface area (Å²) in [6.07, 6.45) is -2.35. The first-order valence-corrected chi connectivity index (χ1v) is 3.25. The van der Waals surface area contributed by atoms with Gasteiger partial charge in [-0.1, -0.05) is 0 Å². The van der Waals surface area contributed by atoms with Crippen LogP contribution in [0.15, 0.2) is 0 Å². The third kappa shape index (κ3) is 4.64. The normalized spacial score (nSPS) is 12.2. The number of rotatable bonds is 5. The van der Waals surface area contributed by atoms with Crippen molar-refractivity contribution in [2.24, 2.45) is 0 Å². The summed E-state index contributed by atoms with van der Waals surface area (Å²) in [4.78, 5) is 20.6. The molecular weight excluding hydrogens is 168 g/mol. The number of aliphatic carboxylic acids is 1. The molecule has 0 aromatic heterocycles. The van der Waals surface area contributed by atoms with Crippen molar-refractivity contribution in [3.8, 4) is 0 Å². The molecule has 0 radical (unpaired) electrons. The zero-order valence-electron chi connectivity index (χ0n) is 6.27. The Balaban J connectivity index is 3.69. The molecule has 0 saturated heterocycles. The number of hydrogen-bond acceptors (Lipinski definition) is 5. The molecule has 6 nitrogen and oxygen atoms in total. The molecule has 0 aromatic rings. The van der Waals surface area contributed by atoms with Crippen LogP contribution >= 0.6 is 0 Å². The minimum atomic E-state index is -1.66. The topological polar surface area (TPSA) is 104 Å². The van der Waals surface area contributed by atoms with E-state index in [-0.39, 0.29) is 13.2 Å². The van der Waals surface area contributed by atoms with Crippen LogP contribution in [0.25, 0.3) is 0 Å². The van der Waals surface area contributed by atoms with Crippen LogP contribution in [0.5, 0.6) is 0 Å². The summed E-state index contributed by atoms with van der Waals surface area (Å²) >= 11 is 0. The molecule has 6 heteroatoms. The summed E-state index contributed by atoms with van der Waals surface area (Å²) in [5, 5.41) is 25.1. The molecule has 0 rings (SSSR count). The van der Waals surface area contributed by atoms with Gasteiger partial charge < -0.3 is 20.1 Å². The number of aliphatic hydroxyl groups excluding tert-OH is 2.